The topological polar surface area (TPSA) is 57.7 Å². The third-order valence-corrected chi connectivity index (χ3v) is 5.24. The SMILES string of the molecule is COc1ccc(CCC(=O)OCc2csc(-c3ccc(C)cc3)n2)cc1OC. The van der Waals surface area contributed by atoms with Gasteiger partial charge in [0, 0.05) is 17.4 Å². The number of rotatable bonds is 8. The molecule has 3 aromatic rings. The predicted molar refractivity (Wildman–Crippen MR) is 110 cm³/mol. The number of carbonyl (C=O) groups excluding carboxylic acids is 1. The van der Waals surface area contributed by atoms with E-state index in [-0.39, 0.29) is 12.6 Å². The number of methoxy groups -OCH3 is 2. The lowest BCUT2D eigenvalue weighted by Gasteiger charge is -2.09. The monoisotopic (exact) mass is 397 g/mol. The molecule has 0 radical (unpaired) electrons. The molecule has 6 heteroatoms. The predicted octanol–water partition coefficient (Wildman–Crippen LogP) is 4.81. The lowest BCUT2D eigenvalue weighted by atomic mass is 10.1. The van der Waals surface area contributed by atoms with Gasteiger partial charge in [0.2, 0.25) is 0 Å². The molecular formula is C22H23NO4S. The fourth-order valence-corrected chi connectivity index (χ4v) is 3.52. The minimum absolute atomic E-state index is 0.188. The fourth-order valence-electron chi connectivity index (χ4n) is 2.71. The molecule has 0 atom stereocenters. The second-order valence-electron chi connectivity index (χ2n) is 6.36. The fraction of sp³-hybridized carbons (Fsp3) is 0.273. The van der Waals surface area contributed by atoms with Crippen molar-refractivity contribution in [3.8, 4) is 22.1 Å². The molecule has 1 heterocycles. The average Bonchev–Trinajstić information content (AvgIpc) is 3.20. The maximum absolute atomic E-state index is 12.1. The Morgan fingerprint density at radius 2 is 1.79 bits per heavy atom. The number of aromatic nitrogens is 1. The van der Waals surface area contributed by atoms with Gasteiger partial charge in [-0.2, -0.15) is 0 Å². The van der Waals surface area contributed by atoms with Crippen LogP contribution < -0.4 is 9.47 Å². The van der Waals surface area contributed by atoms with E-state index >= 15 is 0 Å². The van der Waals surface area contributed by atoms with Crippen LogP contribution in [0.15, 0.2) is 47.8 Å². The number of hydrogen-bond acceptors (Lipinski definition) is 6. The van der Waals surface area contributed by atoms with E-state index in [2.05, 4.69) is 24.0 Å². The van der Waals surface area contributed by atoms with Crippen molar-refractivity contribution in [2.75, 3.05) is 14.2 Å². The lowest BCUT2D eigenvalue weighted by molar-refractivity contribution is -0.145. The summed E-state index contributed by atoms with van der Waals surface area (Å²) in [4.78, 5) is 16.6. The van der Waals surface area contributed by atoms with E-state index in [4.69, 9.17) is 14.2 Å². The van der Waals surface area contributed by atoms with Crippen LogP contribution in [0.1, 0.15) is 23.2 Å². The molecule has 0 spiro atoms. The minimum atomic E-state index is -0.250. The number of hydrogen-bond donors (Lipinski definition) is 0. The first-order valence-corrected chi connectivity index (χ1v) is 9.85. The molecular weight excluding hydrogens is 374 g/mol. The van der Waals surface area contributed by atoms with Crippen LogP contribution in [0, 0.1) is 6.92 Å². The van der Waals surface area contributed by atoms with Gasteiger partial charge in [0.05, 0.1) is 19.9 Å². The Labute approximate surface area is 168 Å². The van der Waals surface area contributed by atoms with Crippen molar-refractivity contribution >= 4 is 17.3 Å². The van der Waals surface area contributed by atoms with Gasteiger partial charge in [0.1, 0.15) is 11.6 Å². The maximum atomic E-state index is 12.1. The highest BCUT2D eigenvalue weighted by Gasteiger charge is 2.10. The van der Waals surface area contributed by atoms with Gasteiger partial charge >= 0.3 is 5.97 Å². The van der Waals surface area contributed by atoms with E-state index < -0.39 is 0 Å². The summed E-state index contributed by atoms with van der Waals surface area (Å²) in [6, 6.07) is 13.8. The summed E-state index contributed by atoms with van der Waals surface area (Å²) in [5, 5.41) is 2.85. The Hall–Kier alpha value is -2.86. The van der Waals surface area contributed by atoms with E-state index in [0.29, 0.717) is 24.3 Å². The zero-order valence-corrected chi connectivity index (χ0v) is 17.0. The van der Waals surface area contributed by atoms with Gasteiger partial charge in [0.25, 0.3) is 0 Å². The molecule has 146 valence electrons. The van der Waals surface area contributed by atoms with Gasteiger partial charge in [-0.3, -0.25) is 4.79 Å². The van der Waals surface area contributed by atoms with Gasteiger partial charge in [-0.15, -0.1) is 11.3 Å². The van der Waals surface area contributed by atoms with Crippen LogP contribution in [0.5, 0.6) is 11.5 Å². The molecule has 0 aliphatic rings. The third kappa shape index (κ3) is 5.10. The second-order valence-corrected chi connectivity index (χ2v) is 7.22. The lowest BCUT2D eigenvalue weighted by Crippen LogP contribution is -2.06. The molecule has 1 aromatic heterocycles. The first-order valence-electron chi connectivity index (χ1n) is 8.97. The molecule has 3 rings (SSSR count). The number of ether oxygens (including phenoxy) is 3. The van der Waals surface area contributed by atoms with Crippen molar-refractivity contribution < 1.29 is 19.0 Å². The number of esters is 1. The summed E-state index contributed by atoms with van der Waals surface area (Å²) in [7, 11) is 3.19. The van der Waals surface area contributed by atoms with Gasteiger partial charge in [-0.25, -0.2) is 4.98 Å². The number of thiazole rings is 1. The second kappa shape index (κ2) is 9.37. The first kappa shape index (κ1) is 19.9. The van der Waals surface area contributed by atoms with Crippen molar-refractivity contribution in [1.82, 2.24) is 4.98 Å². The van der Waals surface area contributed by atoms with Crippen molar-refractivity contribution in [3.05, 3.63) is 64.7 Å². The largest absolute Gasteiger partial charge is 0.493 e. The van der Waals surface area contributed by atoms with Gasteiger partial charge in [-0.05, 0) is 31.0 Å². The van der Waals surface area contributed by atoms with Crippen molar-refractivity contribution in [1.29, 1.82) is 0 Å². The van der Waals surface area contributed by atoms with Crippen LogP contribution in [0.4, 0.5) is 0 Å². The van der Waals surface area contributed by atoms with Crippen LogP contribution in [0.2, 0.25) is 0 Å². The zero-order chi connectivity index (χ0) is 19.9. The van der Waals surface area contributed by atoms with Crippen LogP contribution in [0.25, 0.3) is 10.6 Å². The van der Waals surface area contributed by atoms with Crippen LogP contribution in [-0.4, -0.2) is 25.2 Å². The summed E-state index contributed by atoms with van der Waals surface area (Å²) in [6.07, 6.45) is 0.870. The molecule has 0 aliphatic heterocycles. The number of benzene rings is 2. The van der Waals surface area contributed by atoms with Gasteiger partial charge < -0.3 is 14.2 Å². The first-order chi connectivity index (χ1) is 13.6. The molecule has 2 aromatic carbocycles. The molecule has 0 fully saturated rings. The van der Waals surface area contributed by atoms with Crippen molar-refractivity contribution in [2.45, 2.75) is 26.4 Å². The van der Waals surface area contributed by atoms with Crippen molar-refractivity contribution in [3.63, 3.8) is 0 Å². The van der Waals surface area contributed by atoms with E-state index in [1.165, 1.54) is 5.56 Å². The molecule has 28 heavy (non-hydrogen) atoms. The van der Waals surface area contributed by atoms with E-state index in [9.17, 15) is 4.79 Å². The number of carbonyl (C=O) groups is 1. The Bertz CT molecular complexity index is 934. The highest BCUT2D eigenvalue weighted by atomic mass is 32.1. The van der Waals surface area contributed by atoms with Crippen LogP contribution in [0.3, 0.4) is 0 Å². The maximum Gasteiger partial charge on any atom is 0.306 e. The Morgan fingerprint density at radius 3 is 2.50 bits per heavy atom. The average molecular weight is 397 g/mol. The Balaban J connectivity index is 1.50. The Kier molecular flexibility index (Phi) is 6.66. The summed E-state index contributed by atoms with van der Waals surface area (Å²) in [5.41, 5.74) is 4.04. The van der Waals surface area contributed by atoms with Crippen LogP contribution >= 0.6 is 11.3 Å². The number of aryl methyl sites for hydroxylation is 2. The molecule has 0 N–H and O–H groups in total. The molecule has 0 aliphatic carbocycles. The molecule has 0 bridgehead atoms. The Morgan fingerprint density at radius 1 is 1.04 bits per heavy atom. The van der Waals surface area contributed by atoms with Crippen LogP contribution in [-0.2, 0) is 22.6 Å². The van der Waals surface area contributed by atoms with E-state index in [0.717, 1.165) is 21.8 Å². The van der Waals surface area contributed by atoms with Crippen molar-refractivity contribution in [2.24, 2.45) is 0 Å². The molecule has 0 unspecified atom stereocenters. The smallest absolute Gasteiger partial charge is 0.306 e. The molecule has 0 saturated carbocycles. The molecule has 0 amide bonds. The number of nitrogens with zero attached hydrogens (tertiary/aromatic N) is 1. The highest BCUT2D eigenvalue weighted by Crippen LogP contribution is 2.28. The van der Waals surface area contributed by atoms with E-state index in [1.807, 2.05) is 35.7 Å². The minimum Gasteiger partial charge on any atom is -0.493 e. The highest BCUT2D eigenvalue weighted by molar-refractivity contribution is 7.13. The standard InChI is InChI=1S/C22H23NO4S/c1-15-4-8-17(9-5-15)22-23-18(14-28-22)13-27-21(24)11-7-16-6-10-19(25-2)20(12-16)26-3/h4-6,8-10,12,14H,7,11,13H2,1-3H3. The molecule has 0 saturated heterocycles. The quantitative estimate of drug-likeness (QED) is 0.511. The summed E-state index contributed by atoms with van der Waals surface area (Å²) in [6.45, 7) is 2.24. The third-order valence-electron chi connectivity index (χ3n) is 4.30. The zero-order valence-electron chi connectivity index (χ0n) is 16.2. The normalized spacial score (nSPS) is 10.5. The van der Waals surface area contributed by atoms with E-state index in [1.54, 1.807) is 25.6 Å². The van der Waals surface area contributed by atoms with Gasteiger partial charge in [-0.1, -0.05) is 35.9 Å². The summed E-state index contributed by atoms with van der Waals surface area (Å²) in [5.74, 6) is 1.07. The summed E-state index contributed by atoms with van der Waals surface area (Å²) >= 11 is 1.55. The van der Waals surface area contributed by atoms with Gasteiger partial charge in [0.15, 0.2) is 11.5 Å². The molecule has 5 nitrogen and oxygen atoms in total. The summed E-state index contributed by atoms with van der Waals surface area (Å²) < 4.78 is 15.9.